The van der Waals surface area contributed by atoms with E-state index in [4.69, 9.17) is 15.8 Å². The van der Waals surface area contributed by atoms with Gasteiger partial charge >= 0.3 is 13.1 Å². The van der Waals surface area contributed by atoms with E-state index >= 15 is 0 Å². The lowest BCUT2D eigenvalue weighted by Gasteiger charge is -2.24. The van der Waals surface area contributed by atoms with Crippen LogP contribution in [-0.2, 0) is 4.79 Å². The van der Waals surface area contributed by atoms with Gasteiger partial charge in [-0.05, 0) is 44.1 Å². The molecule has 1 amide bonds. The number of hydrogen-bond acceptors (Lipinski definition) is 5. The molecule has 150 valence electrons. The monoisotopic (exact) mass is 386 g/mol. The molecular weight excluding hydrogens is 361 g/mol. The molecule has 10 heteroatoms. The van der Waals surface area contributed by atoms with Crippen molar-refractivity contribution in [1.29, 1.82) is 0 Å². The minimum Gasteiger partial charge on any atom is -0.480 e. The second-order valence-electron chi connectivity index (χ2n) is 6.56. The summed E-state index contributed by atoms with van der Waals surface area (Å²) in [6.45, 7) is 0.212. The second kappa shape index (κ2) is 11.0. The summed E-state index contributed by atoms with van der Waals surface area (Å²) in [5, 5.41) is 29.4. The Morgan fingerprint density at radius 1 is 1.04 bits per heavy atom. The number of benzene rings is 1. The first-order valence-corrected chi connectivity index (χ1v) is 8.77. The molecule has 1 aromatic rings. The lowest BCUT2D eigenvalue weighted by Crippen LogP contribution is -2.48. The van der Waals surface area contributed by atoms with Crippen LogP contribution in [0.2, 0.25) is 6.32 Å². The number of carbonyl (C=O) groups excluding carboxylic acids is 1. The number of rotatable bonds is 12. The number of unbranched alkanes of at least 4 members (excludes halogenated alkanes) is 2. The summed E-state index contributed by atoms with van der Waals surface area (Å²) in [6, 6.07) is 2.53. The SMILES string of the molecule is NC(CCCCNC(=O)c1cc(F)cc(F)c1)(CCCCB(O)O)C(=O)O. The molecule has 27 heavy (non-hydrogen) atoms. The fraction of sp³-hybridized carbons (Fsp3) is 0.529. The van der Waals surface area contributed by atoms with E-state index < -0.39 is 36.2 Å². The highest BCUT2D eigenvalue weighted by molar-refractivity contribution is 6.40. The molecule has 0 aliphatic carbocycles. The standard InChI is InChI=1S/C17H25BF2N2O5/c19-13-9-12(10-14(20)11-13)15(23)22-8-4-2-6-17(21,16(24)25)5-1-3-7-18(26)27/h9-11,26-27H,1-8,21H2,(H,22,23)(H,24,25). The molecule has 0 fully saturated rings. The van der Waals surface area contributed by atoms with Crippen LogP contribution in [0.15, 0.2) is 18.2 Å². The minimum atomic E-state index is -1.42. The summed E-state index contributed by atoms with van der Waals surface area (Å²) in [5.41, 5.74) is 4.38. The molecule has 0 heterocycles. The third-order valence-electron chi connectivity index (χ3n) is 4.22. The summed E-state index contributed by atoms with van der Waals surface area (Å²) < 4.78 is 26.2. The van der Waals surface area contributed by atoms with Gasteiger partial charge < -0.3 is 26.2 Å². The number of carboxylic acids is 1. The van der Waals surface area contributed by atoms with Crippen molar-refractivity contribution in [3.63, 3.8) is 0 Å². The minimum absolute atomic E-state index is 0.128. The molecule has 6 N–H and O–H groups in total. The zero-order valence-electron chi connectivity index (χ0n) is 15.0. The zero-order valence-corrected chi connectivity index (χ0v) is 15.0. The molecule has 0 radical (unpaired) electrons. The molecule has 0 saturated heterocycles. The molecule has 0 aromatic heterocycles. The number of carbonyl (C=O) groups is 2. The highest BCUT2D eigenvalue weighted by atomic mass is 19.1. The zero-order chi connectivity index (χ0) is 20.4. The van der Waals surface area contributed by atoms with Crippen molar-refractivity contribution in [3.8, 4) is 0 Å². The molecular formula is C17H25BF2N2O5. The number of aliphatic carboxylic acids is 1. The fourth-order valence-corrected chi connectivity index (χ4v) is 2.66. The Kier molecular flexibility index (Phi) is 9.33. The van der Waals surface area contributed by atoms with Crippen molar-refractivity contribution in [1.82, 2.24) is 5.32 Å². The maximum atomic E-state index is 13.1. The molecule has 0 aliphatic heterocycles. The van der Waals surface area contributed by atoms with Gasteiger partial charge in [-0.25, -0.2) is 8.78 Å². The summed E-state index contributed by atoms with van der Waals surface area (Å²) in [7, 11) is -1.42. The lowest BCUT2D eigenvalue weighted by molar-refractivity contribution is -0.144. The average Bonchev–Trinajstić information content (AvgIpc) is 2.57. The molecule has 1 atom stereocenters. The van der Waals surface area contributed by atoms with E-state index in [0.29, 0.717) is 31.7 Å². The van der Waals surface area contributed by atoms with E-state index in [9.17, 15) is 23.5 Å². The second-order valence-corrected chi connectivity index (χ2v) is 6.56. The fourth-order valence-electron chi connectivity index (χ4n) is 2.66. The van der Waals surface area contributed by atoms with Gasteiger partial charge in [0, 0.05) is 18.2 Å². The van der Waals surface area contributed by atoms with E-state index in [0.717, 1.165) is 12.1 Å². The number of hydrogen-bond donors (Lipinski definition) is 5. The molecule has 1 aromatic carbocycles. The molecule has 0 bridgehead atoms. The van der Waals surface area contributed by atoms with E-state index in [1.807, 2.05) is 0 Å². The Bertz CT molecular complexity index is 627. The van der Waals surface area contributed by atoms with Crippen LogP contribution in [0.4, 0.5) is 8.78 Å². The summed E-state index contributed by atoms with van der Waals surface area (Å²) >= 11 is 0. The predicted octanol–water partition coefficient (Wildman–Crippen LogP) is 1.29. The van der Waals surface area contributed by atoms with Gasteiger partial charge in [0.15, 0.2) is 0 Å². The Balaban J connectivity index is 2.36. The topological polar surface area (TPSA) is 133 Å². The van der Waals surface area contributed by atoms with Gasteiger partial charge in [-0.3, -0.25) is 9.59 Å². The highest BCUT2D eigenvalue weighted by Gasteiger charge is 2.32. The molecule has 0 aliphatic rings. The number of carboxylic acid groups (broad SMARTS) is 1. The van der Waals surface area contributed by atoms with Crippen LogP contribution in [0.3, 0.4) is 0 Å². The quantitative estimate of drug-likeness (QED) is 0.272. The van der Waals surface area contributed by atoms with Gasteiger partial charge in [0.2, 0.25) is 0 Å². The number of nitrogens with two attached hydrogens (primary N) is 1. The van der Waals surface area contributed by atoms with E-state index in [2.05, 4.69) is 5.32 Å². The van der Waals surface area contributed by atoms with Crippen LogP contribution in [0.25, 0.3) is 0 Å². The Morgan fingerprint density at radius 2 is 1.59 bits per heavy atom. The number of nitrogens with one attached hydrogen (secondary N) is 1. The van der Waals surface area contributed by atoms with E-state index in [-0.39, 0.29) is 31.3 Å². The Hall–Kier alpha value is -2.04. The largest absolute Gasteiger partial charge is 0.480 e. The van der Waals surface area contributed by atoms with Crippen LogP contribution >= 0.6 is 0 Å². The maximum absolute atomic E-state index is 13.1. The lowest BCUT2D eigenvalue weighted by atomic mass is 9.81. The van der Waals surface area contributed by atoms with Gasteiger partial charge in [-0.1, -0.05) is 12.8 Å². The summed E-state index contributed by atoms with van der Waals surface area (Å²) in [6.07, 6.45) is 2.32. The van der Waals surface area contributed by atoms with E-state index in [1.165, 1.54) is 0 Å². The van der Waals surface area contributed by atoms with Crippen LogP contribution < -0.4 is 11.1 Å². The van der Waals surface area contributed by atoms with Crippen LogP contribution in [0.1, 0.15) is 48.9 Å². The third-order valence-corrected chi connectivity index (χ3v) is 4.22. The smallest absolute Gasteiger partial charge is 0.451 e. The Morgan fingerprint density at radius 3 is 2.11 bits per heavy atom. The van der Waals surface area contributed by atoms with Crippen LogP contribution in [-0.4, -0.2) is 46.2 Å². The molecule has 0 spiro atoms. The van der Waals surface area contributed by atoms with E-state index in [1.54, 1.807) is 0 Å². The van der Waals surface area contributed by atoms with Crippen molar-refractivity contribution in [2.45, 2.75) is 50.4 Å². The normalized spacial score (nSPS) is 13.1. The van der Waals surface area contributed by atoms with Crippen LogP contribution in [0.5, 0.6) is 0 Å². The Labute approximate surface area is 156 Å². The molecule has 1 unspecified atom stereocenters. The van der Waals surface area contributed by atoms with Crippen molar-refractivity contribution in [2.75, 3.05) is 6.54 Å². The summed E-state index contributed by atoms with van der Waals surface area (Å²) in [5.74, 6) is -3.44. The number of halogens is 2. The average molecular weight is 386 g/mol. The molecule has 1 rings (SSSR count). The maximum Gasteiger partial charge on any atom is 0.451 e. The molecule has 7 nitrogen and oxygen atoms in total. The van der Waals surface area contributed by atoms with Crippen molar-refractivity contribution >= 4 is 19.0 Å². The summed E-state index contributed by atoms with van der Waals surface area (Å²) in [4.78, 5) is 23.2. The first-order chi connectivity index (χ1) is 12.6. The van der Waals surface area contributed by atoms with Crippen LogP contribution in [0, 0.1) is 11.6 Å². The van der Waals surface area contributed by atoms with Crippen molar-refractivity contribution in [2.24, 2.45) is 5.73 Å². The van der Waals surface area contributed by atoms with Gasteiger partial charge in [0.05, 0.1) is 0 Å². The van der Waals surface area contributed by atoms with Gasteiger partial charge in [0.25, 0.3) is 5.91 Å². The van der Waals surface area contributed by atoms with Gasteiger partial charge in [0.1, 0.15) is 17.2 Å². The first kappa shape index (κ1) is 23.0. The van der Waals surface area contributed by atoms with Gasteiger partial charge in [-0.2, -0.15) is 0 Å². The highest BCUT2D eigenvalue weighted by Crippen LogP contribution is 2.20. The van der Waals surface area contributed by atoms with Crippen molar-refractivity contribution in [3.05, 3.63) is 35.4 Å². The first-order valence-electron chi connectivity index (χ1n) is 8.77. The van der Waals surface area contributed by atoms with Crippen molar-refractivity contribution < 1.29 is 33.5 Å². The third kappa shape index (κ3) is 8.46. The number of amides is 1. The molecule has 0 saturated carbocycles. The van der Waals surface area contributed by atoms with Gasteiger partial charge in [-0.15, -0.1) is 0 Å². The predicted molar refractivity (Wildman–Crippen MR) is 95.9 cm³/mol.